The van der Waals surface area contributed by atoms with Crippen LogP contribution in [0.15, 0.2) is 24.3 Å². The molecule has 1 atom stereocenters. The van der Waals surface area contributed by atoms with Gasteiger partial charge in [0.1, 0.15) is 0 Å². The summed E-state index contributed by atoms with van der Waals surface area (Å²) in [6.45, 7) is 5.81. The minimum atomic E-state index is -0.0665. The van der Waals surface area contributed by atoms with E-state index in [0.717, 1.165) is 42.9 Å². The van der Waals surface area contributed by atoms with Crippen LogP contribution in [0.2, 0.25) is 5.02 Å². The Kier molecular flexibility index (Phi) is 5.87. The van der Waals surface area contributed by atoms with Crippen LogP contribution in [0.25, 0.3) is 0 Å². The van der Waals surface area contributed by atoms with Crippen molar-refractivity contribution in [3.63, 3.8) is 0 Å². The number of piperidine rings is 1. The second-order valence-electron chi connectivity index (χ2n) is 6.53. The van der Waals surface area contributed by atoms with E-state index in [0.29, 0.717) is 6.42 Å². The van der Waals surface area contributed by atoms with Crippen LogP contribution < -0.4 is 0 Å². The number of likely N-dealkylation sites (tertiary alicyclic amines) is 1. The van der Waals surface area contributed by atoms with Crippen molar-refractivity contribution in [2.24, 2.45) is 11.3 Å². The summed E-state index contributed by atoms with van der Waals surface area (Å²) < 4.78 is 0. The summed E-state index contributed by atoms with van der Waals surface area (Å²) in [5, 5.41) is 10.3. The molecule has 2 rings (SSSR count). The molecule has 0 saturated carbocycles. The number of benzene rings is 1. The molecule has 0 aromatic heterocycles. The quantitative estimate of drug-likeness (QED) is 0.900. The van der Waals surface area contributed by atoms with E-state index >= 15 is 0 Å². The van der Waals surface area contributed by atoms with E-state index in [2.05, 4.69) is 6.92 Å². The number of rotatable bonds is 5. The van der Waals surface area contributed by atoms with Crippen LogP contribution in [-0.2, 0) is 11.2 Å². The molecule has 0 aliphatic carbocycles. The van der Waals surface area contributed by atoms with Crippen molar-refractivity contribution in [1.82, 2.24) is 4.90 Å². The Morgan fingerprint density at radius 1 is 1.36 bits per heavy atom. The molecule has 1 unspecified atom stereocenters. The van der Waals surface area contributed by atoms with Crippen LogP contribution in [0.3, 0.4) is 0 Å². The van der Waals surface area contributed by atoms with Crippen LogP contribution in [-0.4, -0.2) is 35.6 Å². The van der Waals surface area contributed by atoms with Gasteiger partial charge in [0.25, 0.3) is 0 Å². The molecule has 1 aliphatic rings. The van der Waals surface area contributed by atoms with E-state index in [1.807, 2.05) is 36.1 Å². The summed E-state index contributed by atoms with van der Waals surface area (Å²) >= 11 is 6.18. The van der Waals surface area contributed by atoms with Crippen LogP contribution in [0.1, 0.15) is 38.7 Å². The SMILES string of the molecule is CCC1(CO)CCN(C(=O)C(C)Cc2ccccc2Cl)CC1. The van der Waals surface area contributed by atoms with Gasteiger partial charge in [0.05, 0.1) is 0 Å². The topological polar surface area (TPSA) is 40.5 Å². The summed E-state index contributed by atoms with van der Waals surface area (Å²) in [4.78, 5) is 14.6. The lowest BCUT2D eigenvalue weighted by Crippen LogP contribution is -2.46. The number of carbonyl (C=O) groups excluding carboxylic acids is 1. The van der Waals surface area contributed by atoms with Crippen LogP contribution in [0, 0.1) is 11.3 Å². The predicted octanol–water partition coefficient (Wildman–Crippen LogP) is 3.53. The summed E-state index contributed by atoms with van der Waals surface area (Å²) in [6.07, 6.45) is 3.43. The highest BCUT2D eigenvalue weighted by atomic mass is 35.5. The van der Waals surface area contributed by atoms with E-state index < -0.39 is 0 Å². The van der Waals surface area contributed by atoms with E-state index in [-0.39, 0.29) is 23.8 Å². The number of hydrogen-bond donors (Lipinski definition) is 1. The van der Waals surface area contributed by atoms with Gasteiger partial charge in [-0.05, 0) is 42.7 Å². The fourth-order valence-corrected chi connectivity index (χ4v) is 3.43. The molecular weight excluding hydrogens is 298 g/mol. The first-order valence-electron chi connectivity index (χ1n) is 8.14. The molecule has 1 saturated heterocycles. The molecule has 1 aromatic carbocycles. The number of amides is 1. The fourth-order valence-electron chi connectivity index (χ4n) is 3.22. The Balaban J connectivity index is 1.94. The van der Waals surface area contributed by atoms with Crippen molar-refractivity contribution in [2.75, 3.05) is 19.7 Å². The Hall–Kier alpha value is -1.06. The van der Waals surface area contributed by atoms with Gasteiger partial charge < -0.3 is 10.0 Å². The van der Waals surface area contributed by atoms with Crippen LogP contribution in [0.4, 0.5) is 0 Å². The molecule has 4 heteroatoms. The number of carbonyl (C=O) groups is 1. The Morgan fingerprint density at radius 2 is 2.00 bits per heavy atom. The smallest absolute Gasteiger partial charge is 0.225 e. The lowest BCUT2D eigenvalue weighted by Gasteiger charge is -2.41. The molecule has 1 aromatic rings. The lowest BCUT2D eigenvalue weighted by molar-refractivity contribution is -0.137. The normalized spacial score (nSPS) is 19.0. The van der Waals surface area contributed by atoms with E-state index in [9.17, 15) is 9.90 Å². The Bertz CT molecular complexity index is 504. The van der Waals surface area contributed by atoms with Gasteiger partial charge in [-0.2, -0.15) is 0 Å². The lowest BCUT2D eigenvalue weighted by atomic mass is 9.77. The monoisotopic (exact) mass is 323 g/mol. The molecule has 122 valence electrons. The first-order chi connectivity index (χ1) is 10.5. The van der Waals surface area contributed by atoms with Crippen molar-refractivity contribution in [3.05, 3.63) is 34.9 Å². The number of nitrogens with zero attached hydrogens (tertiary/aromatic N) is 1. The highest BCUT2D eigenvalue weighted by molar-refractivity contribution is 6.31. The van der Waals surface area contributed by atoms with Crippen LogP contribution in [0.5, 0.6) is 0 Å². The van der Waals surface area contributed by atoms with Crippen molar-refractivity contribution in [1.29, 1.82) is 0 Å². The molecule has 22 heavy (non-hydrogen) atoms. The van der Waals surface area contributed by atoms with Gasteiger partial charge in [-0.1, -0.05) is 43.6 Å². The zero-order chi connectivity index (χ0) is 16.2. The van der Waals surface area contributed by atoms with Gasteiger partial charge in [-0.15, -0.1) is 0 Å². The molecule has 1 N–H and O–H groups in total. The summed E-state index contributed by atoms with van der Waals surface area (Å²) in [6, 6.07) is 7.71. The Labute approximate surface area is 138 Å². The minimum Gasteiger partial charge on any atom is -0.396 e. The summed E-state index contributed by atoms with van der Waals surface area (Å²) in [7, 11) is 0. The standard InChI is InChI=1S/C18H26ClNO2/c1-3-18(13-21)8-10-20(11-9-18)17(22)14(2)12-15-6-4-5-7-16(15)19/h4-7,14,21H,3,8-13H2,1-2H3. The molecule has 0 bridgehead atoms. The van der Waals surface area contributed by atoms with Crippen molar-refractivity contribution in [3.8, 4) is 0 Å². The third kappa shape index (κ3) is 3.82. The third-order valence-electron chi connectivity index (χ3n) is 5.13. The van der Waals surface area contributed by atoms with Crippen molar-refractivity contribution >= 4 is 17.5 Å². The first-order valence-corrected chi connectivity index (χ1v) is 8.52. The van der Waals surface area contributed by atoms with E-state index in [1.165, 1.54) is 0 Å². The van der Waals surface area contributed by atoms with Gasteiger partial charge in [-0.25, -0.2) is 0 Å². The van der Waals surface area contributed by atoms with Gasteiger partial charge in [0.15, 0.2) is 0 Å². The van der Waals surface area contributed by atoms with Crippen molar-refractivity contribution < 1.29 is 9.90 Å². The fraction of sp³-hybridized carbons (Fsp3) is 0.611. The van der Waals surface area contributed by atoms with Gasteiger partial charge in [-0.3, -0.25) is 4.79 Å². The van der Waals surface area contributed by atoms with Gasteiger partial charge >= 0.3 is 0 Å². The highest BCUT2D eigenvalue weighted by Gasteiger charge is 2.34. The molecule has 0 radical (unpaired) electrons. The number of hydrogen-bond acceptors (Lipinski definition) is 2. The average molecular weight is 324 g/mol. The average Bonchev–Trinajstić information content (AvgIpc) is 2.56. The maximum Gasteiger partial charge on any atom is 0.225 e. The predicted molar refractivity (Wildman–Crippen MR) is 89.9 cm³/mol. The molecule has 1 heterocycles. The second kappa shape index (κ2) is 7.47. The first kappa shape index (κ1) is 17.3. The molecule has 1 amide bonds. The molecule has 0 spiro atoms. The second-order valence-corrected chi connectivity index (χ2v) is 6.94. The van der Waals surface area contributed by atoms with Crippen LogP contribution >= 0.6 is 11.6 Å². The number of halogens is 1. The van der Waals surface area contributed by atoms with Gasteiger partial charge in [0.2, 0.25) is 5.91 Å². The maximum absolute atomic E-state index is 12.6. The minimum absolute atomic E-state index is 0.0166. The number of aliphatic hydroxyl groups excluding tert-OH is 1. The Morgan fingerprint density at radius 3 is 2.55 bits per heavy atom. The third-order valence-corrected chi connectivity index (χ3v) is 5.50. The molecule has 1 fully saturated rings. The highest BCUT2D eigenvalue weighted by Crippen LogP contribution is 2.34. The molecular formula is C18H26ClNO2. The molecule has 1 aliphatic heterocycles. The maximum atomic E-state index is 12.6. The largest absolute Gasteiger partial charge is 0.396 e. The molecule has 3 nitrogen and oxygen atoms in total. The van der Waals surface area contributed by atoms with E-state index in [4.69, 9.17) is 11.6 Å². The summed E-state index contributed by atoms with van der Waals surface area (Å²) in [5.74, 6) is 0.130. The van der Waals surface area contributed by atoms with Crippen molar-refractivity contribution in [2.45, 2.75) is 39.5 Å². The number of aliphatic hydroxyl groups is 1. The summed E-state index contributed by atoms with van der Waals surface area (Å²) in [5.41, 5.74) is 1.04. The van der Waals surface area contributed by atoms with E-state index in [1.54, 1.807) is 0 Å². The van der Waals surface area contributed by atoms with Gasteiger partial charge in [0, 0.05) is 30.6 Å². The zero-order valence-electron chi connectivity index (χ0n) is 13.5. The zero-order valence-corrected chi connectivity index (χ0v) is 14.3.